The number of nitrogens with zero attached hydrogens (tertiary/aromatic N) is 5. The van der Waals surface area contributed by atoms with Crippen LogP contribution in [0.4, 0.5) is 0 Å². The average molecular weight is 332 g/mol. The molecule has 7 heteroatoms. The van der Waals surface area contributed by atoms with Crippen molar-refractivity contribution in [3.63, 3.8) is 0 Å². The molecule has 0 saturated carbocycles. The molecule has 0 spiro atoms. The standard InChI is InChI=1S/C17H28N6O/c1-5-15-18-12(3)14(19-15)11-22-9-7-8-13(10-22)16-20-21(4)17(24)23(16)6-2/h13H,5-11H2,1-4H3,(H,18,19)/t13-/m0/s1. The quantitative estimate of drug-likeness (QED) is 0.902. The molecule has 1 N–H and O–H groups in total. The van der Waals surface area contributed by atoms with E-state index in [1.807, 2.05) is 11.5 Å². The molecule has 3 heterocycles. The number of rotatable bonds is 5. The number of imidazole rings is 1. The molecule has 0 amide bonds. The van der Waals surface area contributed by atoms with Gasteiger partial charge in [0.2, 0.25) is 0 Å². The van der Waals surface area contributed by atoms with Crippen LogP contribution in [0.1, 0.15) is 55.6 Å². The largest absolute Gasteiger partial charge is 0.346 e. The molecular formula is C17H28N6O. The third-order valence-corrected chi connectivity index (χ3v) is 4.97. The first-order chi connectivity index (χ1) is 11.5. The summed E-state index contributed by atoms with van der Waals surface area (Å²) in [7, 11) is 1.73. The highest BCUT2D eigenvalue weighted by molar-refractivity contribution is 5.13. The molecule has 24 heavy (non-hydrogen) atoms. The normalized spacial score (nSPS) is 19.1. The van der Waals surface area contributed by atoms with Gasteiger partial charge in [-0.1, -0.05) is 6.92 Å². The molecule has 1 atom stereocenters. The van der Waals surface area contributed by atoms with E-state index in [0.717, 1.165) is 61.9 Å². The first-order valence-corrected chi connectivity index (χ1v) is 8.93. The van der Waals surface area contributed by atoms with Crippen LogP contribution in [0, 0.1) is 6.92 Å². The van der Waals surface area contributed by atoms with Crippen LogP contribution in [-0.2, 0) is 26.6 Å². The molecule has 1 fully saturated rings. The van der Waals surface area contributed by atoms with E-state index in [2.05, 4.69) is 28.8 Å². The number of nitrogens with one attached hydrogen (secondary N) is 1. The SMILES string of the molecule is CCc1nc(CN2CCC[C@H](c3nn(C)c(=O)n3CC)C2)c(C)[nH]1. The lowest BCUT2D eigenvalue weighted by Crippen LogP contribution is -2.35. The number of aromatic amines is 1. The molecule has 0 radical (unpaired) electrons. The fraction of sp³-hybridized carbons (Fsp3) is 0.706. The number of piperidine rings is 1. The first-order valence-electron chi connectivity index (χ1n) is 8.93. The summed E-state index contributed by atoms with van der Waals surface area (Å²) < 4.78 is 3.27. The van der Waals surface area contributed by atoms with E-state index in [1.54, 1.807) is 7.05 Å². The maximum Gasteiger partial charge on any atom is 0.345 e. The minimum atomic E-state index is -0.0136. The zero-order chi connectivity index (χ0) is 17.3. The lowest BCUT2D eigenvalue weighted by Gasteiger charge is -2.31. The number of hydrogen-bond acceptors (Lipinski definition) is 4. The van der Waals surface area contributed by atoms with Gasteiger partial charge in [-0.15, -0.1) is 0 Å². The summed E-state index contributed by atoms with van der Waals surface area (Å²) in [4.78, 5) is 22.6. The molecule has 0 unspecified atom stereocenters. The van der Waals surface area contributed by atoms with Gasteiger partial charge in [0.25, 0.3) is 0 Å². The molecule has 132 valence electrons. The third-order valence-electron chi connectivity index (χ3n) is 4.97. The van der Waals surface area contributed by atoms with E-state index in [0.29, 0.717) is 12.5 Å². The van der Waals surface area contributed by atoms with Gasteiger partial charge in [0.05, 0.1) is 5.69 Å². The van der Waals surface area contributed by atoms with Crippen LogP contribution in [0.2, 0.25) is 0 Å². The molecule has 0 bridgehead atoms. The number of aryl methyl sites for hydroxylation is 3. The van der Waals surface area contributed by atoms with Gasteiger partial charge in [0, 0.05) is 44.7 Å². The minimum absolute atomic E-state index is 0.0136. The van der Waals surface area contributed by atoms with Crippen molar-refractivity contribution >= 4 is 0 Å². The summed E-state index contributed by atoms with van der Waals surface area (Å²) in [5, 5.41) is 4.50. The monoisotopic (exact) mass is 332 g/mol. The summed E-state index contributed by atoms with van der Waals surface area (Å²) in [6.45, 7) is 9.77. The van der Waals surface area contributed by atoms with E-state index in [9.17, 15) is 4.79 Å². The molecule has 1 aliphatic heterocycles. The Bertz CT molecular complexity index is 756. The number of likely N-dealkylation sites (tertiary alicyclic amines) is 1. The summed E-state index contributed by atoms with van der Waals surface area (Å²) >= 11 is 0. The molecule has 7 nitrogen and oxygen atoms in total. The predicted molar refractivity (Wildman–Crippen MR) is 93.1 cm³/mol. The highest BCUT2D eigenvalue weighted by Gasteiger charge is 2.27. The van der Waals surface area contributed by atoms with Crippen LogP contribution in [0.3, 0.4) is 0 Å². The van der Waals surface area contributed by atoms with Crippen molar-refractivity contribution in [2.24, 2.45) is 7.05 Å². The maximum atomic E-state index is 12.2. The first kappa shape index (κ1) is 17.0. The van der Waals surface area contributed by atoms with Gasteiger partial charge < -0.3 is 4.98 Å². The number of aromatic nitrogens is 5. The van der Waals surface area contributed by atoms with Crippen LogP contribution in [0.5, 0.6) is 0 Å². The van der Waals surface area contributed by atoms with Crippen molar-refractivity contribution in [2.45, 2.75) is 59.0 Å². The van der Waals surface area contributed by atoms with E-state index in [4.69, 9.17) is 4.98 Å². The van der Waals surface area contributed by atoms with E-state index in [-0.39, 0.29) is 5.69 Å². The Kier molecular flexibility index (Phi) is 4.89. The number of H-pyrrole nitrogens is 1. The van der Waals surface area contributed by atoms with Gasteiger partial charge in [0.15, 0.2) is 0 Å². The lowest BCUT2D eigenvalue weighted by molar-refractivity contribution is 0.192. The molecule has 1 aliphatic rings. The van der Waals surface area contributed by atoms with Gasteiger partial charge >= 0.3 is 5.69 Å². The van der Waals surface area contributed by atoms with Gasteiger partial charge in [-0.05, 0) is 33.2 Å². The van der Waals surface area contributed by atoms with Crippen LogP contribution in [0.15, 0.2) is 4.79 Å². The fourth-order valence-electron chi connectivity index (χ4n) is 3.63. The topological polar surface area (TPSA) is 71.7 Å². The Morgan fingerprint density at radius 2 is 2.12 bits per heavy atom. The molecule has 0 aromatic carbocycles. The summed E-state index contributed by atoms with van der Waals surface area (Å²) in [6, 6.07) is 0. The summed E-state index contributed by atoms with van der Waals surface area (Å²) in [6.07, 6.45) is 3.15. The van der Waals surface area contributed by atoms with E-state index >= 15 is 0 Å². The van der Waals surface area contributed by atoms with Crippen molar-refractivity contribution < 1.29 is 0 Å². The third kappa shape index (κ3) is 3.17. The Balaban J connectivity index is 1.76. The highest BCUT2D eigenvalue weighted by Crippen LogP contribution is 2.26. The Morgan fingerprint density at radius 3 is 2.79 bits per heavy atom. The second kappa shape index (κ2) is 6.93. The van der Waals surface area contributed by atoms with Crippen molar-refractivity contribution in [1.29, 1.82) is 0 Å². The minimum Gasteiger partial charge on any atom is -0.346 e. The zero-order valence-corrected chi connectivity index (χ0v) is 15.2. The van der Waals surface area contributed by atoms with E-state index in [1.165, 1.54) is 4.68 Å². The lowest BCUT2D eigenvalue weighted by atomic mass is 9.97. The molecule has 0 aliphatic carbocycles. The average Bonchev–Trinajstić information content (AvgIpc) is 3.08. The second-order valence-corrected chi connectivity index (χ2v) is 6.69. The Hall–Kier alpha value is -1.89. The van der Waals surface area contributed by atoms with Gasteiger partial charge in [-0.25, -0.2) is 14.5 Å². The number of hydrogen-bond donors (Lipinski definition) is 1. The van der Waals surface area contributed by atoms with Gasteiger partial charge in [0.1, 0.15) is 11.6 Å². The molecule has 3 rings (SSSR count). The zero-order valence-electron chi connectivity index (χ0n) is 15.2. The van der Waals surface area contributed by atoms with Crippen LogP contribution in [0.25, 0.3) is 0 Å². The smallest absolute Gasteiger partial charge is 0.345 e. The maximum absolute atomic E-state index is 12.2. The van der Waals surface area contributed by atoms with Crippen molar-refractivity contribution in [2.75, 3.05) is 13.1 Å². The summed E-state index contributed by atoms with van der Waals surface area (Å²) in [5.41, 5.74) is 2.29. The highest BCUT2D eigenvalue weighted by atomic mass is 16.2. The molecule has 2 aromatic rings. The second-order valence-electron chi connectivity index (χ2n) is 6.69. The molecule has 1 saturated heterocycles. The van der Waals surface area contributed by atoms with Gasteiger partial charge in [-0.2, -0.15) is 5.10 Å². The van der Waals surface area contributed by atoms with Crippen molar-refractivity contribution in [3.05, 3.63) is 33.5 Å². The summed E-state index contributed by atoms with van der Waals surface area (Å²) in [5.74, 6) is 2.31. The van der Waals surface area contributed by atoms with Crippen LogP contribution >= 0.6 is 0 Å². The predicted octanol–water partition coefficient (Wildman–Crippen LogP) is 1.58. The Labute approximate surface area is 142 Å². The van der Waals surface area contributed by atoms with Crippen LogP contribution < -0.4 is 5.69 Å². The Morgan fingerprint density at radius 1 is 1.33 bits per heavy atom. The van der Waals surface area contributed by atoms with Crippen molar-refractivity contribution in [1.82, 2.24) is 29.2 Å². The molecule has 2 aromatic heterocycles. The molecular weight excluding hydrogens is 304 g/mol. The van der Waals surface area contributed by atoms with E-state index < -0.39 is 0 Å². The van der Waals surface area contributed by atoms with Crippen LogP contribution in [-0.4, -0.2) is 42.3 Å². The van der Waals surface area contributed by atoms with Crippen molar-refractivity contribution in [3.8, 4) is 0 Å². The fourth-order valence-corrected chi connectivity index (χ4v) is 3.63. The van der Waals surface area contributed by atoms with Gasteiger partial charge in [-0.3, -0.25) is 9.47 Å².